The summed E-state index contributed by atoms with van der Waals surface area (Å²) < 4.78 is 5.20. The molecule has 2 aromatic heterocycles. The smallest absolute Gasteiger partial charge is 0.256 e. The van der Waals surface area contributed by atoms with Crippen molar-refractivity contribution in [2.75, 3.05) is 0 Å². The van der Waals surface area contributed by atoms with Gasteiger partial charge in [-0.05, 0) is 19.1 Å². The summed E-state index contributed by atoms with van der Waals surface area (Å²) in [6, 6.07) is 3.32. The van der Waals surface area contributed by atoms with Crippen LogP contribution in [0.2, 0.25) is 0 Å². The van der Waals surface area contributed by atoms with E-state index >= 15 is 0 Å². The minimum atomic E-state index is -0.241. The molecular formula is C13H14N4O2. The molecule has 0 saturated heterocycles. The SMILES string of the molecule is CCc1noc(C(C)N2Cc3ncccc3C2=O)n1. The maximum atomic E-state index is 12.3. The molecule has 6 nitrogen and oxygen atoms in total. The second-order valence-corrected chi connectivity index (χ2v) is 4.51. The van der Waals surface area contributed by atoms with Crippen molar-refractivity contribution in [2.24, 2.45) is 0 Å². The molecule has 0 radical (unpaired) electrons. The molecule has 0 aromatic carbocycles. The van der Waals surface area contributed by atoms with E-state index in [1.807, 2.05) is 13.8 Å². The molecule has 6 heteroatoms. The first kappa shape index (κ1) is 11.8. The summed E-state index contributed by atoms with van der Waals surface area (Å²) in [5.74, 6) is 1.09. The molecule has 0 aliphatic carbocycles. The number of fused-ring (bicyclic) bond motifs is 1. The minimum absolute atomic E-state index is 0.0353. The number of hydrogen-bond donors (Lipinski definition) is 0. The van der Waals surface area contributed by atoms with Gasteiger partial charge in [0.2, 0.25) is 5.89 Å². The number of carbonyl (C=O) groups excluding carboxylic acids is 1. The fraction of sp³-hybridized carbons (Fsp3) is 0.385. The molecule has 2 aromatic rings. The van der Waals surface area contributed by atoms with E-state index in [0.717, 1.165) is 5.69 Å². The minimum Gasteiger partial charge on any atom is -0.337 e. The summed E-state index contributed by atoms with van der Waals surface area (Å²) in [6.45, 7) is 4.33. The van der Waals surface area contributed by atoms with Crippen molar-refractivity contribution in [1.29, 1.82) is 0 Å². The molecule has 1 atom stereocenters. The predicted octanol–water partition coefficient (Wildman–Crippen LogP) is 1.74. The largest absolute Gasteiger partial charge is 0.337 e. The molecule has 19 heavy (non-hydrogen) atoms. The molecule has 1 amide bonds. The lowest BCUT2D eigenvalue weighted by molar-refractivity contribution is 0.0683. The van der Waals surface area contributed by atoms with Gasteiger partial charge in [-0.25, -0.2) is 0 Å². The lowest BCUT2D eigenvalue weighted by Crippen LogP contribution is -2.27. The van der Waals surface area contributed by atoms with Crippen molar-refractivity contribution in [2.45, 2.75) is 32.9 Å². The van der Waals surface area contributed by atoms with Gasteiger partial charge in [0.1, 0.15) is 6.04 Å². The third kappa shape index (κ3) is 1.89. The van der Waals surface area contributed by atoms with E-state index in [1.54, 1.807) is 23.2 Å². The fourth-order valence-electron chi connectivity index (χ4n) is 2.17. The maximum absolute atomic E-state index is 12.3. The van der Waals surface area contributed by atoms with Crippen molar-refractivity contribution >= 4 is 5.91 Å². The van der Waals surface area contributed by atoms with Crippen molar-refractivity contribution in [1.82, 2.24) is 20.0 Å². The van der Waals surface area contributed by atoms with E-state index in [2.05, 4.69) is 15.1 Å². The molecule has 0 bridgehead atoms. The third-order valence-corrected chi connectivity index (χ3v) is 3.33. The van der Waals surface area contributed by atoms with E-state index in [1.165, 1.54) is 0 Å². The summed E-state index contributed by atoms with van der Waals surface area (Å²) in [4.78, 5) is 22.5. The maximum Gasteiger partial charge on any atom is 0.256 e. The highest BCUT2D eigenvalue weighted by atomic mass is 16.5. The van der Waals surface area contributed by atoms with Gasteiger partial charge in [0.15, 0.2) is 5.82 Å². The molecular weight excluding hydrogens is 244 g/mol. The monoisotopic (exact) mass is 258 g/mol. The summed E-state index contributed by atoms with van der Waals surface area (Å²) in [5.41, 5.74) is 1.46. The Morgan fingerprint density at radius 2 is 2.37 bits per heavy atom. The van der Waals surface area contributed by atoms with Crippen molar-refractivity contribution in [3.63, 3.8) is 0 Å². The Labute approximate surface area is 110 Å². The van der Waals surface area contributed by atoms with E-state index in [9.17, 15) is 4.79 Å². The van der Waals surface area contributed by atoms with Gasteiger partial charge in [0.25, 0.3) is 5.91 Å². The average Bonchev–Trinajstić information content (AvgIpc) is 3.04. The molecule has 0 saturated carbocycles. The van der Waals surface area contributed by atoms with Crippen LogP contribution in [0, 0.1) is 0 Å². The highest BCUT2D eigenvalue weighted by Gasteiger charge is 2.34. The van der Waals surface area contributed by atoms with Crippen LogP contribution in [0.25, 0.3) is 0 Å². The van der Waals surface area contributed by atoms with E-state index in [4.69, 9.17) is 4.52 Å². The molecule has 0 N–H and O–H groups in total. The van der Waals surface area contributed by atoms with Gasteiger partial charge in [0, 0.05) is 12.6 Å². The van der Waals surface area contributed by atoms with E-state index in [-0.39, 0.29) is 11.9 Å². The van der Waals surface area contributed by atoms with Gasteiger partial charge in [-0.15, -0.1) is 0 Å². The Balaban J connectivity index is 1.87. The molecule has 0 fully saturated rings. The van der Waals surface area contributed by atoms with Crippen LogP contribution in [-0.2, 0) is 13.0 Å². The Bertz CT molecular complexity index is 623. The summed E-state index contributed by atoms with van der Waals surface area (Å²) in [5, 5.41) is 3.86. The lowest BCUT2D eigenvalue weighted by Gasteiger charge is -2.20. The Morgan fingerprint density at radius 1 is 1.53 bits per heavy atom. The number of carbonyl (C=O) groups is 1. The van der Waals surface area contributed by atoms with Crippen molar-refractivity contribution in [3.05, 3.63) is 41.3 Å². The van der Waals surface area contributed by atoms with Crippen LogP contribution in [0.3, 0.4) is 0 Å². The average molecular weight is 258 g/mol. The highest BCUT2D eigenvalue weighted by Crippen LogP contribution is 2.29. The molecule has 3 rings (SSSR count). The fourth-order valence-corrected chi connectivity index (χ4v) is 2.17. The van der Waals surface area contributed by atoms with Gasteiger partial charge in [0.05, 0.1) is 17.8 Å². The first-order valence-electron chi connectivity index (χ1n) is 6.28. The first-order chi connectivity index (χ1) is 9.20. The zero-order chi connectivity index (χ0) is 13.4. The highest BCUT2D eigenvalue weighted by molar-refractivity contribution is 5.97. The van der Waals surface area contributed by atoms with Crippen LogP contribution in [0.15, 0.2) is 22.9 Å². The normalized spacial score (nSPS) is 15.7. The van der Waals surface area contributed by atoms with Crippen LogP contribution in [0.1, 0.15) is 47.7 Å². The van der Waals surface area contributed by atoms with E-state index in [0.29, 0.717) is 30.2 Å². The quantitative estimate of drug-likeness (QED) is 0.838. The number of aryl methyl sites for hydroxylation is 1. The van der Waals surface area contributed by atoms with Crippen LogP contribution in [-0.4, -0.2) is 25.9 Å². The molecule has 1 aliphatic heterocycles. The van der Waals surface area contributed by atoms with E-state index < -0.39 is 0 Å². The second kappa shape index (κ2) is 4.46. The Morgan fingerprint density at radius 3 is 3.05 bits per heavy atom. The number of hydrogen-bond acceptors (Lipinski definition) is 5. The van der Waals surface area contributed by atoms with Crippen LogP contribution in [0.4, 0.5) is 0 Å². The topological polar surface area (TPSA) is 72.1 Å². The summed E-state index contributed by atoms with van der Waals surface area (Å²) >= 11 is 0. The number of rotatable bonds is 3. The predicted molar refractivity (Wildman–Crippen MR) is 66.2 cm³/mol. The number of aromatic nitrogens is 3. The number of nitrogens with zero attached hydrogens (tertiary/aromatic N) is 4. The van der Waals surface area contributed by atoms with Gasteiger partial charge >= 0.3 is 0 Å². The van der Waals surface area contributed by atoms with Gasteiger partial charge in [-0.2, -0.15) is 4.98 Å². The van der Waals surface area contributed by atoms with Crippen molar-refractivity contribution < 1.29 is 9.32 Å². The summed E-state index contributed by atoms with van der Waals surface area (Å²) in [6.07, 6.45) is 2.41. The lowest BCUT2D eigenvalue weighted by atomic mass is 10.2. The van der Waals surface area contributed by atoms with Crippen LogP contribution in [0.5, 0.6) is 0 Å². The molecule has 1 unspecified atom stereocenters. The Hall–Kier alpha value is -2.24. The van der Waals surface area contributed by atoms with Crippen LogP contribution >= 0.6 is 0 Å². The molecule has 1 aliphatic rings. The Kier molecular flexibility index (Phi) is 2.77. The standard InChI is InChI=1S/C13H14N4O2/c1-3-11-15-12(19-16-11)8(2)17-7-10-9(13(17)18)5-4-6-14-10/h4-6,8H,3,7H2,1-2H3. The van der Waals surface area contributed by atoms with Crippen molar-refractivity contribution in [3.8, 4) is 0 Å². The summed E-state index contributed by atoms with van der Waals surface area (Å²) in [7, 11) is 0. The zero-order valence-corrected chi connectivity index (χ0v) is 10.8. The molecule has 3 heterocycles. The first-order valence-corrected chi connectivity index (χ1v) is 6.28. The third-order valence-electron chi connectivity index (χ3n) is 3.33. The van der Waals surface area contributed by atoms with Gasteiger partial charge in [-0.1, -0.05) is 12.1 Å². The van der Waals surface area contributed by atoms with Gasteiger partial charge in [-0.3, -0.25) is 9.78 Å². The zero-order valence-electron chi connectivity index (χ0n) is 10.8. The molecule has 98 valence electrons. The van der Waals surface area contributed by atoms with Gasteiger partial charge < -0.3 is 9.42 Å². The number of pyridine rings is 1. The second-order valence-electron chi connectivity index (χ2n) is 4.51. The number of amides is 1. The molecule has 0 spiro atoms. The van der Waals surface area contributed by atoms with Crippen LogP contribution < -0.4 is 0 Å².